The van der Waals surface area contributed by atoms with Crippen LogP contribution in [0.5, 0.6) is 0 Å². The van der Waals surface area contributed by atoms with E-state index in [1.165, 1.54) is 0 Å². The van der Waals surface area contributed by atoms with Gasteiger partial charge in [-0.05, 0) is 18.7 Å². The topological polar surface area (TPSA) is 26.0 Å². The first-order valence-electron chi connectivity index (χ1n) is 1.72. The van der Waals surface area contributed by atoms with Gasteiger partial charge in [-0.3, -0.25) is 0 Å². The third-order valence-electron chi connectivity index (χ3n) is 0.362. The predicted molar refractivity (Wildman–Crippen MR) is 37.8 cm³/mol. The molecule has 40 valence electrons. The highest BCUT2D eigenvalue weighted by Crippen LogP contribution is 1.74. The van der Waals surface area contributed by atoms with Crippen molar-refractivity contribution < 1.29 is 0 Å². The van der Waals surface area contributed by atoms with Gasteiger partial charge in [0.1, 0.15) is 0 Å². The van der Waals surface area contributed by atoms with Crippen LogP contribution >= 0.6 is 29.6 Å². The van der Waals surface area contributed by atoms with Gasteiger partial charge in [0.2, 0.25) is 0 Å². The van der Waals surface area contributed by atoms with Crippen LogP contribution < -0.4 is 5.73 Å². The summed E-state index contributed by atoms with van der Waals surface area (Å²) in [6.07, 6.45) is 1.03. The molecule has 0 radical (unpaired) electrons. The van der Waals surface area contributed by atoms with E-state index < -0.39 is 0 Å². The maximum atomic E-state index is 5.09. The molecule has 0 heterocycles. The van der Waals surface area contributed by atoms with E-state index in [1.54, 1.807) is 0 Å². The van der Waals surface area contributed by atoms with Gasteiger partial charge in [-0.1, -0.05) is 0 Å². The first-order valence-corrected chi connectivity index (χ1v) is 2.36. The molecule has 0 aliphatic carbocycles. The molecule has 1 nitrogen and oxygen atoms in total. The lowest BCUT2D eigenvalue weighted by Crippen LogP contribution is -1.97. The van der Waals surface area contributed by atoms with Crippen molar-refractivity contribution in [3.8, 4) is 0 Å². The van der Waals surface area contributed by atoms with Gasteiger partial charge in [-0.2, -0.15) is 12.6 Å². The maximum Gasteiger partial charge on any atom is -0.00695 e. The molecule has 0 saturated carbocycles. The minimum absolute atomic E-state index is 0. The molecule has 6 heavy (non-hydrogen) atoms. The molecule has 2 N–H and O–H groups in total. The van der Waals surface area contributed by atoms with E-state index in [2.05, 4.69) is 12.6 Å². The maximum absolute atomic E-state index is 5.09. The van der Waals surface area contributed by atoms with Crippen molar-refractivity contribution in [2.75, 3.05) is 12.3 Å². The largest absolute Gasteiger partial charge is 0.330 e. The van der Waals surface area contributed by atoms with Crippen LogP contribution in [-0.2, 0) is 0 Å². The number of hydrogen-bond acceptors (Lipinski definition) is 2. The lowest BCUT2D eigenvalue weighted by atomic mass is 10.5. The van der Waals surface area contributed by atoms with Gasteiger partial charge in [0.15, 0.2) is 0 Å². The molecule has 0 rings (SSSR count). The molecule has 0 spiro atoms. The normalized spacial score (nSPS) is 7.00. The first-order chi connectivity index (χ1) is 2.41. The minimum Gasteiger partial charge on any atom is -0.330 e. The Labute approximate surface area is 54.5 Å². The van der Waals surface area contributed by atoms with Crippen molar-refractivity contribution in [2.24, 2.45) is 5.73 Å². The highest BCUT2D eigenvalue weighted by molar-refractivity contribution is 8.93. The van der Waals surface area contributed by atoms with Gasteiger partial charge in [-0.25, -0.2) is 0 Å². The van der Waals surface area contributed by atoms with E-state index in [1.807, 2.05) is 0 Å². The first kappa shape index (κ1) is 9.92. The van der Waals surface area contributed by atoms with Gasteiger partial charge < -0.3 is 5.73 Å². The van der Waals surface area contributed by atoms with Crippen LogP contribution in [0, 0.1) is 0 Å². The molecule has 0 fully saturated rings. The molecule has 0 atom stereocenters. The summed E-state index contributed by atoms with van der Waals surface area (Å²) in [5.41, 5.74) is 5.09. The number of nitrogens with two attached hydrogens (primary N) is 1. The summed E-state index contributed by atoms with van der Waals surface area (Å²) in [6.45, 7) is 0.767. The molecule has 3 heteroatoms. The smallest absolute Gasteiger partial charge is 0.00695 e. The second-order valence-electron chi connectivity index (χ2n) is 0.866. The molecular weight excluding hydrogens is 162 g/mol. The monoisotopic (exact) mass is 171 g/mol. The van der Waals surface area contributed by atoms with Gasteiger partial charge in [0.25, 0.3) is 0 Å². The number of hydrogen-bond donors (Lipinski definition) is 2. The fraction of sp³-hybridized carbons (Fsp3) is 1.00. The summed E-state index contributed by atoms with van der Waals surface area (Å²) in [4.78, 5) is 0. The van der Waals surface area contributed by atoms with E-state index in [9.17, 15) is 0 Å². The Balaban J connectivity index is 0. The third-order valence-corrected chi connectivity index (χ3v) is 0.678. The van der Waals surface area contributed by atoms with Crippen molar-refractivity contribution in [3.63, 3.8) is 0 Å². The fourth-order valence-electron chi connectivity index (χ4n) is 0.0913. The molecule has 0 bridgehead atoms. The minimum atomic E-state index is 0. The number of halogens is 1. The molecular formula is C3H10BrNS. The van der Waals surface area contributed by atoms with Crippen molar-refractivity contribution in [1.82, 2.24) is 0 Å². The van der Waals surface area contributed by atoms with E-state index in [4.69, 9.17) is 5.73 Å². The summed E-state index contributed by atoms with van der Waals surface area (Å²) in [5, 5.41) is 0. The third kappa shape index (κ3) is 8.84. The van der Waals surface area contributed by atoms with Crippen molar-refractivity contribution >= 4 is 29.6 Å². The summed E-state index contributed by atoms with van der Waals surface area (Å²) in [5.74, 6) is 0.913. The molecule has 0 unspecified atom stereocenters. The van der Waals surface area contributed by atoms with Crippen LogP contribution in [-0.4, -0.2) is 12.3 Å². The average Bonchev–Trinajstić information content (AvgIpc) is 1.41. The Bertz CT molecular complexity index is 18.3. The van der Waals surface area contributed by atoms with Crippen molar-refractivity contribution in [1.29, 1.82) is 0 Å². The summed E-state index contributed by atoms with van der Waals surface area (Å²) in [6, 6.07) is 0. The number of rotatable bonds is 2. The van der Waals surface area contributed by atoms with Crippen LogP contribution in [0.1, 0.15) is 6.42 Å². The SMILES string of the molecule is Br.NCCCS. The van der Waals surface area contributed by atoms with Gasteiger partial charge in [-0.15, -0.1) is 17.0 Å². The zero-order valence-corrected chi connectivity index (χ0v) is 6.16. The van der Waals surface area contributed by atoms with Crippen LogP contribution in [0.3, 0.4) is 0 Å². The number of thiol groups is 1. The molecule has 0 aromatic rings. The Morgan fingerprint density at radius 1 is 1.50 bits per heavy atom. The average molecular weight is 172 g/mol. The molecule has 0 aromatic carbocycles. The predicted octanol–water partition coefficient (Wildman–Crippen LogP) is 0.843. The van der Waals surface area contributed by atoms with E-state index in [0.29, 0.717) is 0 Å². The second kappa shape index (κ2) is 9.25. The molecule has 0 aliphatic heterocycles. The quantitative estimate of drug-likeness (QED) is 0.593. The van der Waals surface area contributed by atoms with Gasteiger partial charge in [0.05, 0.1) is 0 Å². The molecule has 0 saturated heterocycles. The lowest BCUT2D eigenvalue weighted by Gasteiger charge is -1.79. The van der Waals surface area contributed by atoms with E-state index in [0.717, 1.165) is 18.7 Å². The standard InChI is InChI=1S/C3H9NS.BrH/c4-2-1-3-5;/h5H,1-4H2;1H. The Kier molecular flexibility index (Phi) is 15.3. The second-order valence-corrected chi connectivity index (χ2v) is 1.31. The van der Waals surface area contributed by atoms with Gasteiger partial charge in [0, 0.05) is 0 Å². The van der Waals surface area contributed by atoms with Crippen LogP contribution in [0.4, 0.5) is 0 Å². The summed E-state index contributed by atoms with van der Waals surface area (Å²) >= 11 is 3.92. The molecule has 0 aromatic heterocycles. The molecule has 0 amide bonds. The zero-order valence-electron chi connectivity index (χ0n) is 3.55. The van der Waals surface area contributed by atoms with Crippen LogP contribution in [0.15, 0.2) is 0 Å². The van der Waals surface area contributed by atoms with Crippen molar-refractivity contribution in [2.45, 2.75) is 6.42 Å². The summed E-state index contributed by atoms with van der Waals surface area (Å²) < 4.78 is 0. The molecule has 0 aliphatic rings. The van der Waals surface area contributed by atoms with E-state index >= 15 is 0 Å². The lowest BCUT2D eigenvalue weighted by molar-refractivity contribution is 0.946. The van der Waals surface area contributed by atoms with E-state index in [-0.39, 0.29) is 17.0 Å². The highest BCUT2D eigenvalue weighted by Gasteiger charge is 1.68. The zero-order chi connectivity index (χ0) is 4.12. The van der Waals surface area contributed by atoms with Crippen LogP contribution in [0.2, 0.25) is 0 Å². The highest BCUT2D eigenvalue weighted by atomic mass is 79.9. The van der Waals surface area contributed by atoms with Gasteiger partial charge >= 0.3 is 0 Å². The fourth-order valence-corrected chi connectivity index (χ4v) is 0.274. The van der Waals surface area contributed by atoms with Crippen LogP contribution in [0.25, 0.3) is 0 Å². The Morgan fingerprint density at radius 2 is 2.00 bits per heavy atom. The Morgan fingerprint density at radius 3 is 2.00 bits per heavy atom. The summed E-state index contributed by atoms with van der Waals surface area (Å²) in [7, 11) is 0. The Hall–Kier alpha value is 0.790. The van der Waals surface area contributed by atoms with Crippen molar-refractivity contribution in [3.05, 3.63) is 0 Å².